The highest BCUT2D eigenvalue weighted by Crippen LogP contribution is 2.18. The summed E-state index contributed by atoms with van der Waals surface area (Å²) >= 11 is 0. The Bertz CT molecular complexity index is 566. The fraction of sp³-hybridized carbons (Fsp3) is 0.417. The highest BCUT2D eigenvalue weighted by atomic mass is 16.5. The summed E-state index contributed by atoms with van der Waals surface area (Å²) in [6.07, 6.45) is 1.11. The van der Waals surface area contributed by atoms with E-state index in [0.717, 1.165) is 37.4 Å². The van der Waals surface area contributed by atoms with Crippen LogP contribution in [0.1, 0.15) is 6.42 Å². The number of hydrogen-bond donors (Lipinski definition) is 2. The fourth-order valence-electron chi connectivity index (χ4n) is 2.07. The molecule has 90 valence electrons. The maximum Gasteiger partial charge on any atom is 0.417 e. The van der Waals surface area contributed by atoms with Crippen molar-refractivity contribution in [2.75, 3.05) is 25.1 Å². The summed E-state index contributed by atoms with van der Waals surface area (Å²) in [7, 11) is 0. The van der Waals surface area contributed by atoms with E-state index >= 15 is 0 Å². The number of aromatic nitrogens is 1. The summed E-state index contributed by atoms with van der Waals surface area (Å²) in [4.78, 5) is 13.6. The molecule has 5 nitrogen and oxygen atoms in total. The molecule has 1 aliphatic heterocycles. The third-order valence-electron chi connectivity index (χ3n) is 3.04. The van der Waals surface area contributed by atoms with Gasteiger partial charge in [0.25, 0.3) is 0 Å². The topological polar surface area (TPSA) is 67.3 Å². The van der Waals surface area contributed by atoms with Crippen molar-refractivity contribution in [3.8, 4) is 0 Å². The first-order chi connectivity index (χ1) is 8.31. The molecule has 2 heterocycles. The molecule has 1 saturated heterocycles. The Kier molecular flexibility index (Phi) is 2.60. The molecule has 1 aliphatic rings. The second kappa shape index (κ2) is 4.25. The molecule has 2 aromatic rings. The first kappa shape index (κ1) is 10.4. The molecule has 1 aromatic heterocycles. The summed E-state index contributed by atoms with van der Waals surface area (Å²) in [5.41, 5.74) is 2.30. The number of nitrogens with one attached hydrogen (secondary N) is 2. The minimum Gasteiger partial charge on any atom is -0.408 e. The molecular weight excluding hydrogens is 220 g/mol. The van der Waals surface area contributed by atoms with Gasteiger partial charge in [-0.1, -0.05) is 0 Å². The predicted octanol–water partition coefficient (Wildman–Crippen LogP) is 1.57. The Morgan fingerprint density at radius 2 is 2.41 bits per heavy atom. The Morgan fingerprint density at radius 1 is 1.47 bits per heavy atom. The van der Waals surface area contributed by atoms with Crippen LogP contribution in [0, 0.1) is 5.92 Å². The molecule has 0 amide bonds. The molecule has 0 bridgehead atoms. The largest absolute Gasteiger partial charge is 0.417 e. The van der Waals surface area contributed by atoms with Gasteiger partial charge in [0, 0.05) is 24.8 Å². The van der Waals surface area contributed by atoms with Crippen molar-refractivity contribution in [1.29, 1.82) is 0 Å². The van der Waals surface area contributed by atoms with Crippen LogP contribution in [0.4, 0.5) is 5.69 Å². The maximum atomic E-state index is 11.0. The van der Waals surface area contributed by atoms with Crippen molar-refractivity contribution in [1.82, 2.24) is 4.98 Å². The van der Waals surface area contributed by atoms with Crippen molar-refractivity contribution in [3.05, 3.63) is 28.7 Å². The van der Waals surface area contributed by atoms with Gasteiger partial charge in [0.05, 0.1) is 12.1 Å². The lowest BCUT2D eigenvalue weighted by Crippen LogP contribution is -2.13. The van der Waals surface area contributed by atoms with Gasteiger partial charge in [-0.25, -0.2) is 4.79 Å². The Balaban J connectivity index is 1.73. The van der Waals surface area contributed by atoms with E-state index in [2.05, 4.69) is 10.3 Å². The van der Waals surface area contributed by atoms with Crippen molar-refractivity contribution in [3.63, 3.8) is 0 Å². The van der Waals surface area contributed by atoms with Crippen LogP contribution >= 0.6 is 0 Å². The van der Waals surface area contributed by atoms with Gasteiger partial charge in [-0.3, -0.25) is 4.98 Å². The van der Waals surface area contributed by atoms with E-state index in [1.165, 1.54) is 0 Å². The Morgan fingerprint density at radius 3 is 3.24 bits per heavy atom. The zero-order chi connectivity index (χ0) is 11.7. The average Bonchev–Trinajstić information content (AvgIpc) is 2.92. The predicted molar refractivity (Wildman–Crippen MR) is 64.3 cm³/mol. The van der Waals surface area contributed by atoms with Crippen molar-refractivity contribution >= 4 is 16.8 Å². The van der Waals surface area contributed by atoms with Crippen molar-refractivity contribution in [2.45, 2.75) is 6.42 Å². The standard InChI is InChI=1S/C12H14N2O3/c15-12-14-10-5-9(1-2-11(10)17-12)13-6-8-3-4-16-7-8/h1-2,5,8,13H,3-4,6-7H2,(H,14,15). The third-order valence-corrected chi connectivity index (χ3v) is 3.04. The van der Waals surface area contributed by atoms with Gasteiger partial charge >= 0.3 is 5.76 Å². The minimum atomic E-state index is -0.415. The van der Waals surface area contributed by atoms with E-state index in [1.54, 1.807) is 6.07 Å². The summed E-state index contributed by atoms with van der Waals surface area (Å²) in [5, 5.41) is 3.34. The average molecular weight is 234 g/mol. The lowest BCUT2D eigenvalue weighted by Gasteiger charge is -2.10. The molecule has 1 fully saturated rings. The molecule has 1 aromatic carbocycles. The lowest BCUT2D eigenvalue weighted by atomic mass is 10.1. The van der Waals surface area contributed by atoms with E-state index < -0.39 is 5.76 Å². The van der Waals surface area contributed by atoms with Gasteiger partial charge in [0.15, 0.2) is 5.58 Å². The quantitative estimate of drug-likeness (QED) is 0.846. The maximum absolute atomic E-state index is 11.0. The molecular formula is C12H14N2O3. The monoisotopic (exact) mass is 234 g/mol. The zero-order valence-electron chi connectivity index (χ0n) is 9.36. The second-order valence-electron chi connectivity index (χ2n) is 4.34. The van der Waals surface area contributed by atoms with Crippen LogP contribution in [0.5, 0.6) is 0 Å². The molecule has 0 aliphatic carbocycles. The molecule has 2 N–H and O–H groups in total. The highest BCUT2D eigenvalue weighted by molar-refractivity contribution is 5.76. The van der Waals surface area contributed by atoms with Crippen molar-refractivity contribution < 1.29 is 9.15 Å². The molecule has 0 saturated carbocycles. The number of fused-ring (bicyclic) bond motifs is 1. The van der Waals surface area contributed by atoms with Crippen LogP contribution in [0.25, 0.3) is 11.1 Å². The second-order valence-corrected chi connectivity index (χ2v) is 4.34. The van der Waals surface area contributed by atoms with Crippen molar-refractivity contribution in [2.24, 2.45) is 5.92 Å². The number of oxazole rings is 1. The van der Waals surface area contributed by atoms with Crippen LogP contribution < -0.4 is 11.1 Å². The summed E-state index contributed by atoms with van der Waals surface area (Å²) in [6.45, 7) is 2.59. The lowest BCUT2D eigenvalue weighted by molar-refractivity contribution is 0.187. The number of anilines is 1. The summed E-state index contributed by atoms with van der Waals surface area (Å²) < 4.78 is 10.3. The smallest absolute Gasteiger partial charge is 0.408 e. The molecule has 1 unspecified atom stereocenters. The number of H-pyrrole nitrogens is 1. The van der Waals surface area contributed by atoms with Gasteiger partial charge in [-0.15, -0.1) is 0 Å². The van der Waals surface area contributed by atoms with Gasteiger partial charge in [-0.2, -0.15) is 0 Å². The number of ether oxygens (including phenoxy) is 1. The van der Waals surface area contributed by atoms with E-state index in [9.17, 15) is 4.79 Å². The minimum absolute atomic E-state index is 0.415. The fourth-order valence-corrected chi connectivity index (χ4v) is 2.07. The van der Waals surface area contributed by atoms with Gasteiger partial charge in [-0.05, 0) is 24.6 Å². The number of rotatable bonds is 3. The molecule has 0 spiro atoms. The molecule has 17 heavy (non-hydrogen) atoms. The summed E-state index contributed by atoms with van der Waals surface area (Å²) in [6, 6.07) is 5.59. The van der Waals surface area contributed by atoms with E-state index in [4.69, 9.17) is 9.15 Å². The van der Waals surface area contributed by atoms with Crippen LogP contribution in [-0.4, -0.2) is 24.7 Å². The number of aromatic amines is 1. The third kappa shape index (κ3) is 2.19. The first-order valence-electron chi connectivity index (χ1n) is 5.76. The number of hydrogen-bond acceptors (Lipinski definition) is 4. The van der Waals surface area contributed by atoms with E-state index in [0.29, 0.717) is 11.5 Å². The molecule has 5 heteroatoms. The molecule has 0 radical (unpaired) electrons. The summed E-state index contributed by atoms with van der Waals surface area (Å²) in [5.74, 6) is 0.162. The SMILES string of the molecule is O=c1[nH]c2cc(NCC3CCOC3)ccc2o1. The highest BCUT2D eigenvalue weighted by Gasteiger charge is 2.15. The van der Waals surface area contributed by atoms with E-state index in [-0.39, 0.29) is 0 Å². The normalized spacial score (nSPS) is 19.9. The van der Waals surface area contributed by atoms with Gasteiger partial charge in [0.1, 0.15) is 0 Å². The van der Waals surface area contributed by atoms with Gasteiger partial charge in [0.2, 0.25) is 0 Å². The van der Waals surface area contributed by atoms with Crippen LogP contribution in [-0.2, 0) is 4.74 Å². The number of benzene rings is 1. The Hall–Kier alpha value is -1.75. The Labute approximate surface area is 97.8 Å². The van der Waals surface area contributed by atoms with Gasteiger partial charge < -0.3 is 14.5 Å². The molecule has 3 rings (SSSR count). The van der Waals surface area contributed by atoms with Crippen LogP contribution in [0.15, 0.2) is 27.4 Å². The van der Waals surface area contributed by atoms with E-state index in [1.807, 2.05) is 12.1 Å². The molecule has 1 atom stereocenters. The van der Waals surface area contributed by atoms with Crippen LogP contribution in [0.2, 0.25) is 0 Å². The zero-order valence-corrected chi connectivity index (χ0v) is 9.36. The first-order valence-corrected chi connectivity index (χ1v) is 5.76. The van der Waals surface area contributed by atoms with Crippen LogP contribution in [0.3, 0.4) is 0 Å².